The van der Waals surface area contributed by atoms with E-state index in [1.165, 1.54) is 0 Å². The zero-order chi connectivity index (χ0) is 10.8. The van der Waals surface area contributed by atoms with Gasteiger partial charge in [-0.2, -0.15) is 5.10 Å². The summed E-state index contributed by atoms with van der Waals surface area (Å²) in [5, 5.41) is 7.47. The Morgan fingerprint density at radius 2 is 2.47 bits per heavy atom. The van der Waals surface area contributed by atoms with Gasteiger partial charge in [0.1, 0.15) is 5.69 Å². The highest BCUT2D eigenvalue weighted by Crippen LogP contribution is 2.22. The predicted molar refractivity (Wildman–Crippen MR) is 57.7 cm³/mol. The Morgan fingerprint density at radius 1 is 1.67 bits per heavy atom. The fourth-order valence-electron chi connectivity index (χ4n) is 2.14. The van der Waals surface area contributed by atoms with Crippen LogP contribution in [0.15, 0.2) is 12.3 Å². The van der Waals surface area contributed by atoms with Crippen LogP contribution in [0.2, 0.25) is 0 Å². The van der Waals surface area contributed by atoms with Gasteiger partial charge in [0.2, 0.25) is 0 Å². The Bertz CT molecular complexity index is 358. The molecular formula is C11H17N3O. The number of hydrogen-bond acceptors (Lipinski definition) is 3. The lowest BCUT2D eigenvalue weighted by atomic mass is 9.83. The van der Waals surface area contributed by atoms with Crippen LogP contribution in [0.4, 0.5) is 0 Å². The third kappa shape index (κ3) is 2.09. The number of Topliss-reactive ketones (excluding diaryl/α,β-unsaturated/α-hetero) is 1. The van der Waals surface area contributed by atoms with Crippen LogP contribution in [0.3, 0.4) is 0 Å². The summed E-state index contributed by atoms with van der Waals surface area (Å²) in [6.45, 7) is 3.99. The first-order valence-corrected chi connectivity index (χ1v) is 5.43. The van der Waals surface area contributed by atoms with E-state index in [0.29, 0.717) is 11.6 Å². The molecule has 1 aromatic heterocycles. The quantitative estimate of drug-likeness (QED) is 0.731. The fraction of sp³-hybridized carbons (Fsp3) is 0.636. The highest BCUT2D eigenvalue weighted by Gasteiger charge is 2.29. The summed E-state index contributed by atoms with van der Waals surface area (Å²) < 4.78 is 1.68. The standard InChI is InChI=1S/C11H17N3O/c1-8-7-12-5-3-9(8)11(15)10-4-6-14(2)13-10/h4,6,8-9,12H,3,5,7H2,1-2H3. The highest BCUT2D eigenvalue weighted by atomic mass is 16.1. The van der Waals surface area contributed by atoms with Crippen LogP contribution in [0.1, 0.15) is 23.8 Å². The Balaban J connectivity index is 2.13. The topological polar surface area (TPSA) is 46.9 Å². The molecular weight excluding hydrogens is 190 g/mol. The van der Waals surface area contributed by atoms with Gasteiger partial charge in [-0.3, -0.25) is 9.48 Å². The third-order valence-corrected chi connectivity index (χ3v) is 3.09. The predicted octanol–water partition coefficient (Wildman–Crippen LogP) is 0.848. The number of piperidine rings is 1. The molecule has 1 aliphatic heterocycles. The smallest absolute Gasteiger partial charge is 0.186 e. The lowest BCUT2D eigenvalue weighted by molar-refractivity contribution is 0.0842. The van der Waals surface area contributed by atoms with Crippen molar-refractivity contribution in [3.8, 4) is 0 Å². The van der Waals surface area contributed by atoms with E-state index in [1.54, 1.807) is 10.7 Å². The molecule has 82 valence electrons. The average Bonchev–Trinajstić information content (AvgIpc) is 2.65. The van der Waals surface area contributed by atoms with Gasteiger partial charge >= 0.3 is 0 Å². The number of hydrogen-bond donors (Lipinski definition) is 1. The number of nitrogens with zero attached hydrogens (tertiary/aromatic N) is 2. The van der Waals surface area contributed by atoms with Crippen LogP contribution in [-0.4, -0.2) is 28.7 Å². The molecule has 0 amide bonds. The maximum Gasteiger partial charge on any atom is 0.186 e. The van der Waals surface area contributed by atoms with E-state index in [0.717, 1.165) is 19.5 Å². The van der Waals surface area contributed by atoms with Crippen molar-refractivity contribution < 1.29 is 4.79 Å². The minimum Gasteiger partial charge on any atom is -0.316 e. The summed E-state index contributed by atoms with van der Waals surface area (Å²) >= 11 is 0. The Labute approximate surface area is 89.7 Å². The maximum atomic E-state index is 12.1. The lowest BCUT2D eigenvalue weighted by Crippen LogP contribution is -2.38. The largest absolute Gasteiger partial charge is 0.316 e. The first-order valence-electron chi connectivity index (χ1n) is 5.43. The molecule has 1 fully saturated rings. The van der Waals surface area contributed by atoms with E-state index in [4.69, 9.17) is 0 Å². The summed E-state index contributed by atoms with van der Waals surface area (Å²) in [7, 11) is 1.84. The van der Waals surface area contributed by atoms with Crippen LogP contribution in [0, 0.1) is 11.8 Å². The molecule has 0 bridgehead atoms. The van der Waals surface area contributed by atoms with E-state index in [2.05, 4.69) is 17.3 Å². The second-order valence-corrected chi connectivity index (χ2v) is 4.32. The van der Waals surface area contributed by atoms with Crippen LogP contribution in [0.5, 0.6) is 0 Å². The summed E-state index contributed by atoms with van der Waals surface area (Å²) in [6, 6.07) is 1.80. The maximum absolute atomic E-state index is 12.1. The molecule has 2 heterocycles. The molecule has 0 aliphatic carbocycles. The Morgan fingerprint density at radius 3 is 3.07 bits per heavy atom. The molecule has 0 radical (unpaired) electrons. The van der Waals surface area contributed by atoms with E-state index >= 15 is 0 Å². The average molecular weight is 207 g/mol. The SMILES string of the molecule is CC1CNCCC1C(=O)c1ccn(C)n1. The van der Waals surface area contributed by atoms with Gasteiger partial charge in [0.15, 0.2) is 5.78 Å². The van der Waals surface area contributed by atoms with Crippen molar-refractivity contribution in [3.63, 3.8) is 0 Å². The molecule has 2 unspecified atom stereocenters. The zero-order valence-corrected chi connectivity index (χ0v) is 9.23. The molecule has 1 aromatic rings. The van der Waals surface area contributed by atoms with Gasteiger partial charge in [-0.15, -0.1) is 0 Å². The number of carbonyl (C=O) groups is 1. The third-order valence-electron chi connectivity index (χ3n) is 3.09. The van der Waals surface area contributed by atoms with E-state index in [-0.39, 0.29) is 11.7 Å². The van der Waals surface area contributed by atoms with Crippen LogP contribution < -0.4 is 5.32 Å². The summed E-state index contributed by atoms with van der Waals surface area (Å²) in [5.41, 5.74) is 0.608. The molecule has 2 atom stereocenters. The van der Waals surface area contributed by atoms with Gasteiger partial charge in [0.25, 0.3) is 0 Å². The second-order valence-electron chi connectivity index (χ2n) is 4.32. The number of aryl methyl sites for hydroxylation is 1. The number of carbonyl (C=O) groups excluding carboxylic acids is 1. The normalized spacial score (nSPS) is 26.5. The van der Waals surface area contributed by atoms with E-state index in [1.807, 2.05) is 13.2 Å². The van der Waals surface area contributed by atoms with Gasteiger partial charge < -0.3 is 5.32 Å². The first kappa shape index (κ1) is 10.4. The van der Waals surface area contributed by atoms with Crippen molar-refractivity contribution in [2.45, 2.75) is 13.3 Å². The van der Waals surface area contributed by atoms with Crippen molar-refractivity contribution in [2.24, 2.45) is 18.9 Å². The van der Waals surface area contributed by atoms with Crippen LogP contribution in [-0.2, 0) is 7.05 Å². The number of nitrogens with one attached hydrogen (secondary N) is 1. The number of ketones is 1. The van der Waals surface area contributed by atoms with Gasteiger partial charge in [0, 0.05) is 19.2 Å². The lowest BCUT2D eigenvalue weighted by Gasteiger charge is -2.27. The Hall–Kier alpha value is -1.16. The molecule has 0 aromatic carbocycles. The van der Waals surface area contributed by atoms with Crippen molar-refractivity contribution in [3.05, 3.63) is 18.0 Å². The molecule has 15 heavy (non-hydrogen) atoms. The molecule has 4 nitrogen and oxygen atoms in total. The number of rotatable bonds is 2. The molecule has 1 N–H and O–H groups in total. The summed E-state index contributed by atoms with van der Waals surface area (Å²) in [5.74, 6) is 0.749. The van der Waals surface area contributed by atoms with Crippen molar-refractivity contribution >= 4 is 5.78 Å². The number of aromatic nitrogens is 2. The minimum atomic E-state index is 0.140. The first-order chi connectivity index (χ1) is 7.18. The minimum absolute atomic E-state index is 0.140. The van der Waals surface area contributed by atoms with E-state index in [9.17, 15) is 4.79 Å². The molecule has 1 saturated heterocycles. The highest BCUT2D eigenvalue weighted by molar-refractivity contribution is 5.96. The zero-order valence-electron chi connectivity index (χ0n) is 9.23. The molecule has 0 saturated carbocycles. The summed E-state index contributed by atoms with van der Waals surface area (Å²) in [6.07, 6.45) is 2.75. The monoisotopic (exact) mass is 207 g/mol. The van der Waals surface area contributed by atoms with Gasteiger partial charge in [-0.05, 0) is 31.5 Å². The van der Waals surface area contributed by atoms with Gasteiger partial charge in [-0.1, -0.05) is 6.92 Å². The Kier molecular flexibility index (Phi) is 2.86. The van der Waals surface area contributed by atoms with Gasteiger partial charge in [0.05, 0.1) is 0 Å². The fourth-order valence-corrected chi connectivity index (χ4v) is 2.14. The molecule has 2 rings (SSSR count). The van der Waals surface area contributed by atoms with Crippen molar-refractivity contribution in [2.75, 3.05) is 13.1 Å². The van der Waals surface area contributed by atoms with Crippen LogP contribution >= 0.6 is 0 Å². The molecule has 0 spiro atoms. The van der Waals surface area contributed by atoms with Crippen LogP contribution in [0.25, 0.3) is 0 Å². The summed E-state index contributed by atoms with van der Waals surface area (Å²) in [4.78, 5) is 12.1. The molecule has 1 aliphatic rings. The van der Waals surface area contributed by atoms with E-state index < -0.39 is 0 Å². The van der Waals surface area contributed by atoms with Gasteiger partial charge in [-0.25, -0.2) is 0 Å². The van der Waals surface area contributed by atoms with Crippen molar-refractivity contribution in [1.29, 1.82) is 0 Å². The molecule has 4 heteroatoms. The second kappa shape index (κ2) is 4.14. The van der Waals surface area contributed by atoms with Crippen molar-refractivity contribution in [1.82, 2.24) is 15.1 Å².